The standard InChI is InChI=1S/C14H14F3N9O2/c1-25-7-18-11(22-25)6-28-5-9-8(3-4-10(19-9)14(15,16)17)12(27)20-13-21-23-24-26(13)2/h3-4,7H,5-6H2,1-2H3,(H,20,21,24,27). The van der Waals surface area contributed by atoms with Gasteiger partial charge in [0.1, 0.15) is 18.6 Å². The lowest BCUT2D eigenvalue weighted by Crippen LogP contribution is -2.20. The molecule has 28 heavy (non-hydrogen) atoms. The maximum atomic E-state index is 13.0. The van der Waals surface area contributed by atoms with E-state index in [2.05, 4.69) is 35.9 Å². The number of nitrogens with one attached hydrogen (secondary N) is 1. The van der Waals surface area contributed by atoms with Crippen LogP contribution >= 0.6 is 0 Å². The summed E-state index contributed by atoms with van der Waals surface area (Å²) in [6.07, 6.45) is -3.21. The van der Waals surface area contributed by atoms with Gasteiger partial charge in [-0.05, 0) is 22.6 Å². The Morgan fingerprint density at radius 1 is 1.25 bits per heavy atom. The van der Waals surface area contributed by atoms with Gasteiger partial charge in [0, 0.05) is 14.1 Å². The Morgan fingerprint density at radius 2 is 2.04 bits per heavy atom. The maximum absolute atomic E-state index is 13.0. The molecule has 3 heterocycles. The number of aryl methyl sites for hydroxylation is 2. The molecule has 0 fully saturated rings. The topological polar surface area (TPSA) is 126 Å². The number of carbonyl (C=O) groups is 1. The fraction of sp³-hybridized carbons (Fsp3) is 0.357. The van der Waals surface area contributed by atoms with Crippen molar-refractivity contribution >= 4 is 11.9 Å². The van der Waals surface area contributed by atoms with E-state index in [9.17, 15) is 18.0 Å². The zero-order chi connectivity index (χ0) is 20.3. The van der Waals surface area contributed by atoms with E-state index in [0.717, 1.165) is 6.07 Å². The third kappa shape index (κ3) is 4.46. The predicted molar refractivity (Wildman–Crippen MR) is 85.5 cm³/mol. The van der Waals surface area contributed by atoms with Crippen LogP contribution in [0.5, 0.6) is 0 Å². The first-order valence-corrected chi connectivity index (χ1v) is 7.77. The first kappa shape index (κ1) is 19.3. The molecule has 0 bridgehead atoms. The van der Waals surface area contributed by atoms with Gasteiger partial charge in [0.2, 0.25) is 5.95 Å². The first-order valence-electron chi connectivity index (χ1n) is 7.77. The molecule has 1 amide bonds. The molecule has 0 aliphatic heterocycles. The monoisotopic (exact) mass is 397 g/mol. The number of nitrogens with zero attached hydrogens (tertiary/aromatic N) is 8. The molecule has 3 rings (SSSR count). The fourth-order valence-electron chi connectivity index (χ4n) is 2.17. The van der Waals surface area contributed by atoms with Gasteiger partial charge in [0.25, 0.3) is 5.91 Å². The van der Waals surface area contributed by atoms with Crippen molar-refractivity contribution in [2.45, 2.75) is 19.4 Å². The van der Waals surface area contributed by atoms with Crippen LogP contribution in [-0.4, -0.2) is 45.9 Å². The van der Waals surface area contributed by atoms with Crippen LogP contribution < -0.4 is 5.32 Å². The largest absolute Gasteiger partial charge is 0.433 e. The van der Waals surface area contributed by atoms with Crippen LogP contribution in [0.3, 0.4) is 0 Å². The molecule has 11 nitrogen and oxygen atoms in total. The second kappa shape index (κ2) is 7.67. The fourth-order valence-corrected chi connectivity index (χ4v) is 2.17. The second-order valence-electron chi connectivity index (χ2n) is 5.60. The molecule has 3 aromatic rings. The van der Waals surface area contributed by atoms with Gasteiger partial charge in [-0.2, -0.15) is 18.3 Å². The van der Waals surface area contributed by atoms with Crippen molar-refractivity contribution in [1.29, 1.82) is 0 Å². The zero-order valence-corrected chi connectivity index (χ0v) is 14.7. The van der Waals surface area contributed by atoms with E-state index in [1.807, 2.05) is 0 Å². The minimum absolute atomic E-state index is 0.0226. The molecule has 14 heteroatoms. The summed E-state index contributed by atoms with van der Waals surface area (Å²) < 4.78 is 47.0. The zero-order valence-electron chi connectivity index (χ0n) is 14.7. The number of amides is 1. The molecule has 0 saturated heterocycles. The van der Waals surface area contributed by atoms with Gasteiger partial charge < -0.3 is 4.74 Å². The summed E-state index contributed by atoms with van der Waals surface area (Å²) in [5.41, 5.74) is -1.44. The molecule has 3 aromatic heterocycles. The summed E-state index contributed by atoms with van der Waals surface area (Å²) >= 11 is 0. The summed E-state index contributed by atoms with van der Waals surface area (Å²) in [4.78, 5) is 19.9. The number of halogens is 3. The van der Waals surface area contributed by atoms with E-state index in [0.29, 0.717) is 11.9 Å². The van der Waals surface area contributed by atoms with Crippen LogP contribution in [0.4, 0.5) is 19.1 Å². The lowest BCUT2D eigenvalue weighted by Gasteiger charge is -2.12. The Hall–Kier alpha value is -3.42. The average molecular weight is 397 g/mol. The third-order valence-electron chi connectivity index (χ3n) is 3.47. The van der Waals surface area contributed by atoms with E-state index < -0.39 is 17.8 Å². The molecule has 0 aliphatic rings. The van der Waals surface area contributed by atoms with Gasteiger partial charge in [0.15, 0.2) is 5.82 Å². The van der Waals surface area contributed by atoms with Gasteiger partial charge in [-0.25, -0.2) is 14.6 Å². The van der Waals surface area contributed by atoms with Crippen LogP contribution in [0.2, 0.25) is 0 Å². The number of anilines is 1. The molecule has 0 radical (unpaired) electrons. The highest BCUT2D eigenvalue weighted by Gasteiger charge is 2.33. The molecule has 0 saturated carbocycles. The smallest absolute Gasteiger partial charge is 0.367 e. The number of aromatic nitrogens is 8. The second-order valence-corrected chi connectivity index (χ2v) is 5.60. The van der Waals surface area contributed by atoms with E-state index in [-0.39, 0.29) is 30.4 Å². The van der Waals surface area contributed by atoms with Crippen LogP contribution in [-0.2, 0) is 38.2 Å². The minimum Gasteiger partial charge on any atom is -0.367 e. The van der Waals surface area contributed by atoms with Crippen LogP contribution in [0.1, 0.15) is 27.6 Å². The van der Waals surface area contributed by atoms with E-state index >= 15 is 0 Å². The average Bonchev–Trinajstić information content (AvgIpc) is 3.22. The minimum atomic E-state index is -4.67. The van der Waals surface area contributed by atoms with Gasteiger partial charge >= 0.3 is 6.18 Å². The number of tetrazole rings is 1. The van der Waals surface area contributed by atoms with Crippen LogP contribution in [0.25, 0.3) is 0 Å². The molecule has 0 atom stereocenters. The van der Waals surface area contributed by atoms with Gasteiger partial charge in [0.05, 0.1) is 17.9 Å². The Bertz CT molecular complexity index is 983. The van der Waals surface area contributed by atoms with Crippen LogP contribution in [0, 0.1) is 0 Å². The molecule has 0 aromatic carbocycles. The van der Waals surface area contributed by atoms with Crippen LogP contribution in [0.15, 0.2) is 18.5 Å². The summed E-state index contributed by atoms with van der Waals surface area (Å²) in [7, 11) is 3.15. The quantitative estimate of drug-likeness (QED) is 0.645. The van der Waals surface area contributed by atoms with Gasteiger partial charge in [-0.15, -0.1) is 0 Å². The lowest BCUT2D eigenvalue weighted by atomic mass is 10.1. The van der Waals surface area contributed by atoms with E-state index in [4.69, 9.17) is 4.74 Å². The number of rotatable bonds is 6. The highest BCUT2D eigenvalue weighted by molar-refractivity contribution is 6.04. The lowest BCUT2D eigenvalue weighted by molar-refractivity contribution is -0.141. The Balaban J connectivity index is 1.81. The van der Waals surface area contributed by atoms with Crippen molar-refractivity contribution in [2.75, 3.05) is 5.32 Å². The number of hydrogen-bond donors (Lipinski definition) is 1. The normalized spacial score (nSPS) is 11.6. The van der Waals surface area contributed by atoms with Gasteiger partial charge in [-0.3, -0.25) is 14.8 Å². The Kier molecular flexibility index (Phi) is 5.30. The molecule has 0 unspecified atom stereocenters. The molecule has 0 aliphatic carbocycles. The number of carbonyl (C=O) groups excluding carboxylic acids is 1. The SMILES string of the molecule is Cn1cnc(COCc2nc(C(F)(F)F)ccc2C(=O)Nc2nnnn2C)n1. The van der Waals surface area contributed by atoms with E-state index in [1.165, 1.54) is 22.7 Å². The predicted octanol–water partition coefficient (Wildman–Crippen LogP) is 0.721. The van der Waals surface area contributed by atoms with E-state index in [1.54, 1.807) is 7.05 Å². The molecule has 0 spiro atoms. The van der Waals surface area contributed by atoms with Crippen molar-refractivity contribution in [1.82, 2.24) is 40.0 Å². The van der Waals surface area contributed by atoms with Crippen molar-refractivity contribution in [3.63, 3.8) is 0 Å². The number of ether oxygens (including phenoxy) is 1. The maximum Gasteiger partial charge on any atom is 0.433 e. The van der Waals surface area contributed by atoms with Crippen molar-refractivity contribution in [3.05, 3.63) is 41.2 Å². The molecular weight excluding hydrogens is 383 g/mol. The highest BCUT2D eigenvalue weighted by atomic mass is 19.4. The Labute approximate surface area is 155 Å². The third-order valence-corrected chi connectivity index (χ3v) is 3.47. The van der Waals surface area contributed by atoms with Gasteiger partial charge in [-0.1, -0.05) is 5.10 Å². The molecule has 1 N–H and O–H groups in total. The number of alkyl halides is 3. The first-order chi connectivity index (χ1) is 13.2. The van der Waals surface area contributed by atoms with Crippen molar-refractivity contribution in [3.8, 4) is 0 Å². The highest BCUT2D eigenvalue weighted by Crippen LogP contribution is 2.28. The van der Waals surface area contributed by atoms with Crippen molar-refractivity contribution < 1.29 is 22.7 Å². The number of pyridine rings is 1. The Morgan fingerprint density at radius 3 is 2.64 bits per heavy atom. The molecule has 148 valence electrons. The summed E-state index contributed by atoms with van der Waals surface area (Å²) in [6.45, 7) is -0.422. The summed E-state index contributed by atoms with van der Waals surface area (Å²) in [6, 6.07) is 1.74. The summed E-state index contributed by atoms with van der Waals surface area (Å²) in [5.74, 6) is -0.367. The van der Waals surface area contributed by atoms with Crippen molar-refractivity contribution in [2.24, 2.45) is 14.1 Å². The number of hydrogen-bond acceptors (Lipinski definition) is 8. The summed E-state index contributed by atoms with van der Waals surface area (Å²) in [5, 5.41) is 16.9. The molecular formula is C14H14F3N9O2.